The summed E-state index contributed by atoms with van der Waals surface area (Å²) in [5, 5.41) is 14.2. The van der Waals surface area contributed by atoms with Crippen LogP contribution in [0, 0.1) is 17.0 Å². The second-order valence-corrected chi connectivity index (χ2v) is 6.24. The van der Waals surface area contributed by atoms with Crippen LogP contribution in [0.2, 0.25) is 0 Å². The number of likely N-dealkylation sites (tertiary alicyclic amines) is 1. The number of hydrogen-bond acceptors (Lipinski definition) is 4. The van der Waals surface area contributed by atoms with E-state index in [-0.39, 0.29) is 17.2 Å². The Bertz CT molecular complexity index is 851. The summed E-state index contributed by atoms with van der Waals surface area (Å²) in [5.74, 6) is -0.761. The number of nitro groups is 1. The monoisotopic (exact) mass is 353 g/mol. The number of carbonyl (C=O) groups is 2. The molecule has 7 heteroatoms. The maximum atomic E-state index is 12.9. The van der Waals surface area contributed by atoms with E-state index in [4.69, 9.17) is 0 Å². The van der Waals surface area contributed by atoms with Gasteiger partial charge in [-0.3, -0.25) is 19.7 Å². The summed E-state index contributed by atoms with van der Waals surface area (Å²) < 4.78 is 0. The van der Waals surface area contributed by atoms with E-state index in [0.717, 1.165) is 0 Å². The van der Waals surface area contributed by atoms with Crippen LogP contribution in [-0.4, -0.2) is 34.2 Å². The van der Waals surface area contributed by atoms with Gasteiger partial charge in [-0.25, -0.2) is 0 Å². The van der Waals surface area contributed by atoms with Crippen LogP contribution < -0.4 is 5.32 Å². The van der Waals surface area contributed by atoms with Crippen molar-refractivity contribution in [2.24, 2.45) is 0 Å². The first-order valence-corrected chi connectivity index (χ1v) is 8.40. The van der Waals surface area contributed by atoms with Crippen molar-refractivity contribution in [2.45, 2.75) is 25.8 Å². The lowest BCUT2D eigenvalue weighted by atomic mass is 10.1. The van der Waals surface area contributed by atoms with Gasteiger partial charge in [0.05, 0.1) is 4.92 Å². The fraction of sp³-hybridized carbons (Fsp3) is 0.263. The summed E-state index contributed by atoms with van der Waals surface area (Å²) in [5.41, 5.74) is 0.893. The summed E-state index contributed by atoms with van der Waals surface area (Å²) in [7, 11) is 0. The number of nitro benzene ring substituents is 1. The molecule has 1 aliphatic rings. The van der Waals surface area contributed by atoms with Crippen LogP contribution >= 0.6 is 0 Å². The molecule has 1 aliphatic heterocycles. The minimum Gasteiger partial charge on any atom is -0.326 e. The van der Waals surface area contributed by atoms with Crippen LogP contribution in [0.3, 0.4) is 0 Å². The smallest absolute Gasteiger partial charge is 0.285 e. The topological polar surface area (TPSA) is 92.6 Å². The molecule has 134 valence electrons. The Morgan fingerprint density at radius 2 is 1.88 bits per heavy atom. The van der Waals surface area contributed by atoms with Gasteiger partial charge in [-0.1, -0.05) is 30.3 Å². The fourth-order valence-corrected chi connectivity index (χ4v) is 3.26. The van der Waals surface area contributed by atoms with Crippen LogP contribution in [0.15, 0.2) is 48.5 Å². The van der Waals surface area contributed by atoms with Gasteiger partial charge >= 0.3 is 0 Å². The normalized spacial score (nSPS) is 16.3. The number of benzene rings is 2. The van der Waals surface area contributed by atoms with Crippen LogP contribution in [0.5, 0.6) is 0 Å². The van der Waals surface area contributed by atoms with Crippen molar-refractivity contribution < 1.29 is 14.5 Å². The Labute approximate surface area is 150 Å². The van der Waals surface area contributed by atoms with Crippen molar-refractivity contribution in [2.75, 3.05) is 11.9 Å². The highest BCUT2D eigenvalue weighted by atomic mass is 16.6. The molecule has 3 rings (SSSR count). The van der Waals surface area contributed by atoms with Gasteiger partial charge in [-0.15, -0.1) is 0 Å². The number of amides is 2. The van der Waals surface area contributed by atoms with Crippen molar-refractivity contribution in [1.82, 2.24) is 4.90 Å². The van der Waals surface area contributed by atoms with Crippen molar-refractivity contribution in [3.05, 3.63) is 69.8 Å². The quantitative estimate of drug-likeness (QED) is 0.675. The SMILES string of the molecule is Cc1cccc(C(=O)N2CCC[C@@H]2C(=O)Nc2ccccc2)c1[N+](=O)[O-]. The molecule has 1 fully saturated rings. The molecule has 0 saturated carbocycles. The third kappa shape index (κ3) is 3.42. The van der Waals surface area contributed by atoms with Crippen molar-refractivity contribution in [3.8, 4) is 0 Å². The first kappa shape index (κ1) is 17.6. The molecule has 0 bridgehead atoms. The number of carbonyl (C=O) groups excluding carboxylic acids is 2. The number of nitrogens with one attached hydrogen (secondary N) is 1. The van der Waals surface area contributed by atoms with Gasteiger partial charge < -0.3 is 10.2 Å². The van der Waals surface area contributed by atoms with Gasteiger partial charge in [0.1, 0.15) is 11.6 Å². The molecular formula is C19H19N3O4. The Kier molecular flexibility index (Phi) is 4.97. The van der Waals surface area contributed by atoms with Crippen LogP contribution in [0.4, 0.5) is 11.4 Å². The molecule has 2 aromatic carbocycles. The molecular weight excluding hydrogens is 334 g/mol. The first-order valence-electron chi connectivity index (χ1n) is 8.40. The largest absolute Gasteiger partial charge is 0.326 e. The molecule has 1 saturated heterocycles. The number of aryl methyl sites for hydroxylation is 1. The molecule has 0 aliphatic carbocycles. The maximum absolute atomic E-state index is 12.9. The van der Waals surface area contributed by atoms with E-state index in [9.17, 15) is 19.7 Å². The summed E-state index contributed by atoms with van der Waals surface area (Å²) in [6.07, 6.45) is 1.21. The Morgan fingerprint density at radius 1 is 1.15 bits per heavy atom. The predicted molar refractivity (Wildman–Crippen MR) is 97.0 cm³/mol. The van der Waals surface area contributed by atoms with E-state index in [0.29, 0.717) is 30.6 Å². The average Bonchev–Trinajstić information content (AvgIpc) is 3.11. The van der Waals surface area contributed by atoms with E-state index in [2.05, 4.69) is 5.32 Å². The number of anilines is 1. The van der Waals surface area contributed by atoms with Crippen molar-refractivity contribution in [1.29, 1.82) is 0 Å². The number of rotatable bonds is 4. The zero-order valence-corrected chi connectivity index (χ0v) is 14.3. The first-order chi connectivity index (χ1) is 12.5. The molecule has 1 atom stereocenters. The molecule has 0 spiro atoms. The lowest BCUT2D eigenvalue weighted by Gasteiger charge is -2.24. The van der Waals surface area contributed by atoms with E-state index in [1.807, 2.05) is 18.2 Å². The lowest BCUT2D eigenvalue weighted by Crippen LogP contribution is -2.43. The number of hydrogen-bond donors (Lipinski definition) is 1. The minimum absolute atomic E-state index is 0.0226. The Balaban J connectivity index is 1.84. The molecule has 0 radical (unpaired) electrons. The lowest BCUT2D eigenvalue weighted by molar-refractivity contribution is -0.385. The van der Waals surface area contributed by atoms with Gasteiger partial charge in [-0.05, 0) is 38.0 Å². The molecule has 26 heavy (non-hydrogen) atoms. The predicted octanol–water partition coefficient (Wildman–Crippen LogP) is 3.15. The second-order valence-electron chi connectivity index (χ2n) is 6.24. The minimum atomic E-state index is -0.636. The van der Waals surface area contributed by atoms with E-state index in [1.165, 1.54) is 11.0 Å². The number of para-hydroxylation sites is 2. The summed E-state index contributed by atoms with van der Waals surface area (Å²) in [6, 6.07) is 13.0. The van der Waals surface area contributed by atoms with E-state index in [1.54, 1.807) is 31.2 Å². The highest BCUT2D eigenvalue weighted by molar-refractivity contribution is 6.03. The van der Waals surface area contributed by atoms with Gasteiger partial charge in [0.15, 0.2) is 0 Å². The molecule has 1 N–H and O–H groups in total. The Hall–Kier alpha value is -3.22. The molecule has 1 heterocycles. The molecule has 0 unspecified atom stereocenters. The van der Waals surface area contributed by atoms with Crippen molar-refractivity contribution in [3.63, 3.8) is 0 Å². The summed E-state index contributed by atoms with van der Waals surface area (Å²) in [6.45, 7) is 2.00. The number of nitrogens with zero attached hydrogens (tertiary/aromatic N) is 2. The zero-order valence-electron chi connectivity index (χ0n) is 14.3. The maximum Gasteiger partial charge on any atom is 0.285 e. The fourth-order valence-electron chi connectivity index (χ4n) is 3.26. The van der Waals surface area contributed by atoms with Gasteiger partial charge in [-0.2, -0.15) is 0 Å². The van der Waals surface area contributed by atoms with Gasteiger partial charge in [0, 0.05) is 17.8 Å². The second kappa shape index (κ2) is 7.35. The summed E-state index contributed by atoms with van der Waals surface area (Å²) >= 11 is 0. The highest BCUT2D eigenvalue weighted by Gasteiger charge is 2.37. The molecule has 7 nitrogen and oxygen atoms in total. The van der Waals surface area contributed by atoms with Gasteiger partial charge in [0.25, 0.3) is 11.6 Å². The highest BCUT2D eigenvalue weighted by Crippen LogP contribution is 2.28. The molecule has 0 aromatic heterocycles. The standard InChI is InChI=1S/C19H19N3O4/c1-13-7-5-10-15(17(13)22(25)26)19(24)21-12-6-11-16(21)18(23)20-14-8-3-2-4-9-14/h2-5,7-10,16H,6,11-12H2,1H3,(H,20,23)/t16-/m1/s1. The van der Waals surface area contributed by atoms with Gasteiger partial charge in [0.2, 0.25) is 5.91 Å². The van der Waals surface area contributed by atoms with Crippen LogP contribution in [-0.2, 0) is 4.79 Å². The Morgan fingerprint density at radius 3 is 2.58 bits per heavy atom. The zero-order chi connectivity index (χ0) is 18.7. The third-order valence-electron chi connectivity index (χ3n) is 4.51. The molecule has 2 amide bonds. The van der Waals surface area contributed by atoms with E-state index < -0.39 is 16.9 Å². The molecule has 2 aromatic rings. The van der Waals surface area contributed by atoms with Crippen LogP contribution in [0.1, 0.15) is 28.8 Å². The summed E-state index contributed by atoms with van der Waals surface area (Å²) in [4.78, 5) is 37.8. The third-order valence-corrected chi connectivity index (χ3v) is 4.51. The van der Waals surface area contributed by atoms with Crippen molar-refractivity contribution >= 4 is 23.2 Å². The van der Waals surface area contributed by atoms with Crippen LogP contribution in [0.25, 0.3) is 0 Å². The van der Waals surface area contributed by atoms with E-state index >= 15 is 0 Å². The average molecular weight is 353 g/mol.